The minimum absolute atomic E-state index is 0.124. The number of hydrogen-bond acceptors (Lipinski definition) is 3. The molecule has 1 fully saturated rings. The lowest BCUT2D eigenvalue weighted by molar-refractivity contribution is -0.142. The molecule has 0 aromatic carbocycles. The van der Waals surface area contributed by atoms with E-state index in [-0.39, 0.29) is 24.8 Å². The lowest BCUT2D eigenvalue weighted by Gasteiger charge is -2.12. The summed E-state index contributed by atoms with van der Waals surface area (Å²) in [5, 5.41) is 11.2. The Bertz CT molecular complexity index is 213. The van der Waals surface area contributed by atoms with E-state index < -0.39 is 12.0 Å². The molecule has 0 heterocycles. The Morgan fingerprint density at radius 2 is 2.15 bits per heavy atom. The molecule has 1 unspecified atom stereocenters. The molecule has 1 aliphatic carbocycles. The number of carboxylic acid groups (broad SMARTS) is 1. The van der Waals surface area contributed by atoms with Gasteiger partial charge in [-0.2, -0.15) is 0 Å². The second-order valence-corrected chi connectivity index (χ2v) is 3.26. The van der Waals surface area contributed by atoms with E-state index in [0.29, 0.717) is 0 Å². The summed E-state index contributed by atoms with van der Waals surface area (Å²) in [5.74, 6) is -1.10. The van der Waals surface area contributed by atoms with Crippen molar-refractivity contribution in [1.29, 1.82) is 0 Å². The standard InChI is InChI=1S/C8H14N2O3/c9-4-3-6(11)10-7(8(12)13)5-1-2-5/h5,7H,1-4,9H2,(H,10,11)(H,12,13). The first-order chi connectivity index (χ1) is 6.15. The van der Waals surface area contributed by atoms with Gasteiger partial charge in [0.25, 0.3) is 0 Å². The van der Waals surface area contributed by atoms with Crippen LogP contribution in [0.1, 0.15) is 19.3 Å². The Balaban J connectivity index is 2.37. The maximum Gasteiger partial charge on any atom is 0.326 e. The minimum atomic E-state index is -0.951. The molecule has 0 aliphatic heterocycles. The third kappa shape index (κ3) is 3.02. The number of carbonyl (C=O) groups excluding carboxylic acids is 1. The number of hydrogen-bond donors (Lipinski definition) is 3. The predicted molar refractivity (Wildman–Crippen MR) is 46.0 cm³/mol. The van der Waals surface area contributed by atoms with Crippen molar-refractivity contribution in [2.45, 2.75) is 25.3 Å². The normalized spacial score (nSPS) is 17.9. The first kappa shape index (κ1) is 9.98. The van der Waals surface area contributed by atoms with Crippen LogP contribution in [0.3, 0.4) is 0 Å². The molecule has 4 N–H and O–H groups in total. The molecule has 0 aromatic heterocycles. The fraction of sp³-hybridized carbons (Fsp3) is 0.750. The van der Waals surface area contributed by atoms with E-state index >= 15 is 0 Å². The summed E-state index contributed by atoms with van der Waals surface area (Å²) in [6, 6.07) is -0.709. The summed E-state index contributed by atoms with van der Waals surface area (Å²) in [6.45, 7) is 0.253. The van der Waals surface area contributed by atoms with Crippen molar-refractivity contribution >= 4 is 11.9 Å². The minimum Gasteiger partial charge on any atom is -0.480 e. The number of carboxylic acids is 1. The van der Waals surface area contributed by atoms with Gasteiger partial charge in [-0.25, -0.2) is 4.79 Å². The quantitative estimate of drug-likeness (QED) is 0.530. The fourth-order valence-electron chi connectivity index (χ4n) is 1.19. The second kappa shape index (κ2) is 4.23. The maximum atomic E-state index is 11.0. The van der Waals surface area contributed by atoms with Crippen molar-refractivity contribution in [3.63, 3.8) is 0 Å². The van der Waals surface area contributed by atoms with Gasteiger partial charge in [-0.05, 0) is 18.8 Å². The summed E-state index contributed by atoms with van der Waals surface area (Å²) in [7, 11) is 0. The van der Waals surface area contributed by atoms with Gasteiger partial charge in [0.15, 0.2) is 0 Å². The average molecular weight is 186 g/mol. The number of amides is 1. The molecule has 5 heteroatoms. The van der Waals surface area contributed by atoms with E-state index in [1.165, 1.54) is 0 Å². The van der Waals surface area contributed by atoms with Gasteiger partial charge in [0, 0.05) is 13.0 Å². The maximum absolute atomic E-state index is 11.0. The Kier molecular flexibility index (Phi) is 3.25. The third-order valence-corrected chi connectivity index (χ3v) is 2.05. The lowest BCUT2D eigenvalue weighted by atomic mass is 10.2. The van der Waals surface area contributed by atoms with Gasteiger partial charge in [0.1, 0.15) is 6.04 Å². The molecule has 5 nitrogen and oxygen atoms in total. The van der Waals surface area contributed by atoms with Crippen molar-refractivity contribution < 1.29 is 14.7 Å². The van der Waals surface area contributed by atoms with Crippen LogP contribution in [0.2, 0.25) is 0 Å². The van der Waals surface area contributed by atoms with E-state index in [1.54, 1.807) is 0 Å². The first-order valence-electron chi connectivity index (χ1n) is 4.37. The summed E-state index contributed by atoms with van der Waals surface area (Å²) in [6.07, 6.45) is 1.97. The lowest BCUT2D eigenvalue weighted by Crippen LogP contribution is -2.42. The van der Waals surface area contributed by atoms with E-state index in [1.807, 2.05) is 0 Å². The van der Waals surface area contributed by atoms with Crippen molar-refractivity contribution in [2.24, 2.45) is 11.7 Å². The Labute approximate surface area is 76.3 Å². The molecule has 1 rings (SSSR count). The number of aliphatic carboxylic acids is 1. The highest BCUT2D eigenvalue weighted by Crippen LogP contribution is 2.32. The van der Waals surface area contributed by atoms with E-state index in [4.69, 9.17) is 10.8 Å². The van der Waals surface area contributed by atoms with Crippen LogP contribution in [0.25, 0.3) is 0 Å². The van der Waals surface area contributed by atoms with Gasteiger partial charge in [0.2, 0.25) is 5.91 Å². The highest BCUT2D eigenvalue weighted by molar-refractivity contribution is 5.84. The van der Waals surface area contributed by atoms with Gasteiger partial charge in [-0.1, -0.05) is 0 Å². The molecular formula is C8H14N2O3. The zero-order chi connectivity index (χ0) is 9.84. The first-order valence-corrected chi connectivity index (χ1v) is 4.37. The third-order valence-electron chi connectivity index (χ3n) is 2.05. The van der Waals surface area contributed by atoms with Crippen LogP contribution >= 0.6 is 0 Å². The van der Waals surface area contributed by atoms with E-state index in [2.05, 4.69) is 5.32 Å². The largest absolute Gasteiger partial charge is 0.480 e. The van der Waals surface area contributed by atoms with Crippen LogP contribution in [0.5, 0.6) is 0 Å². The van der Waals surface area contributed by atoms with Crippen LogP contribution < -0.4 is 11.1 Å². The SMILES string of the molecule is NCCC(=O)NC(C(=O)O)C1CC1. The molecular weight excluding hydrogens is 172 g/mol. The van der Waals surface area contributed by atoms with E-state index in [9.17, 15) is 9.59 Å². The van der Waals surface area contributed by atoms with Gasteiger partial charge in [0.05, 0.1) is 0 Å². The number of carbonyl (C=O) groups is 2. The van der Waals surface area contributed by atoms with Crippen molar-refractivity contribution in [3.8, 4) is 0 Å². The van der Waals surface area contributed by atoms with E-state index in [0.717, 1.165) is 12.8 Å². The zero-order valence-corrected chi connectivity index (χ0v) is 7.32. The Hall–Kier alpha value is -1.10. The number of rotatable bonds is 5. The van der Waals surface area contributed by atoms with Crippen LogP contribution in [-0.2, 0) is 9.59 Å². The smallest absolute Gasteiger partial charge is 0.326 e. The topological polar surface area (TPSA) is 92.4 Å². The molecule has 0 aromatic rings. The molecule has 0 spiro atoms. The summed E-state index contributed by atoms with van der Waals surface area (Å²) < 4.78 is 0. The molecule has 1 aliphatic rings. The highest BCUT2D eigenvalue weighted by Gasteiger charge is 2.36. The van der Waals surface area contributed by atoms with Crippen molar-refractivity contribution in [2.75, 3.05) is 6.54 Å². The summed E-state index contributed by atoms with van der Waals surface area (Å²) in [5.41, 5.74) is 5.16. The molecule has 1 saturated carbocycles. The van der Waals surface area contributed by atoms with Gasteiger partial charge in [-0.3, -0.25) is 4.79 Å². The molecule has 74 valence electrons. The fourth-order valence-corrected chi connectivity index (χ4v) is 1.19. The molecule has 1 atom stereocenters. The van der Waals surface area contributed by atoms with Crippen molar-refractivity contribution in [3.05, 3.63) is 0 Å². The molecule has 0 radical (unpaired) electrons. The van der Waals surface area contributed by atoms with Crippen LogP contribution in [0, 0.1) is 5.92 Å². The van der Waals surface area contributed by atoms with Gasteiger partial charge in [-0.15, -0.1) is 0 Å². The summed E-state index contributed by atoms with van der Waals surface area (Å²) in [4.78, 5) is 21.7. The van der Waals surface area contributed by atoms with Crippen LogP contribution in [-0.4, -0.2) is 29.6 Å². The Morgan fingerprint density at radius 1 is 1.54 bits per heavy atom. The van der Waals surface area contributed by atoms with Crippen LogP contribution in [0.15, 0.2) is 0 Å². The second-order valence-electron chi connectivity index (χ2n) is 3.26. The molecule has 13 heavy (non-hydrogen) atoms. The molecule has 1 amide bonds. The highest BCUT2D eigenvalue weighted by atomic mass is 16.4. The average Bonchev–Trinajstić information content (AvgIpc) is 2.82. The predicted octanol–water partition coefficient (Wildman–Crippen LogP) is -0.685. The number of nitrogens with two attached hydrogens (primary N) is 1. The van der Waals surface area contributed by atoms with Gasteiger partial charge < -0.3 is 16.2 Å². The molecule has 0 saturated heterocycles. The van der Waals surface area contributed by atoms with Crippen LogP contribution in [0.4, 0.5) is 0 Å². The number of nitrogens with one attached hydrogen (secondary N) is 1. The monoisotopic (exact) mass is 186 g/mol. The van der Waals surface area contributed by atoms with Crippen molar-refractivity contribution in [1.82, 2.24) is 5.32 Å². The van der Waals surface area contributed by atoms with Gasteiger partial charge >= 0.3 is 5.97 Å². The summed E-state index contributed by atoms with van der Waals surface area (Å²) >= 11 is 0. The Morgan fingerprint density at radius 3 is 2.54 bits per heavy atom. The zero-order valence-electron chi connectivity index (χ0n) is 7.32. The molecule has 0 bridgehead atoms.